The molecule has 106 valence electrons. The van der Waals surface area contributed by atoms with E-state index in [2.05, 4.69) is 15.9 Å². The van der Waals surface area contributed by atoms with Gasteiger partial charge < -0.3 is 10.0 Å². The van der Waals surface area contributed by atoms with E-state index in [-0.39, 0.29) is 12.5 Å². The van der Waals surface area contributed by atoms with Crippen molar-refractivity contribution in [3.05, 3.63) is 56.7 Å². The molecule has 20 heavy (non-hydrogen) atoms. The Balaban J connectivity index is 2.02. The lowest BCUT2D eigenvalue weighted by Crippen LogP contribution is -2.34. The van der Waals surface area contributed by atoms with Crippen LogP contribution in [-0.2, 0) is 17.8 Å². The SMILES string of the molecule is O=C(Cc1ccc(Br)s1)N(CCO)Cc1ccccc1. The highest BCUT2D eigenvalue weighted by Crippen LogP contribution is 2.23. The molecular weight excluding hydrogens is 338 g/mol. The molecule has 0 unspecified atom stereocenters. The summed E-state index contributed by atoms with van der Waals surface area (Å²) in [7, 11) is 0. The molecule has 1 aromatic heterocycles. The van der Waals surface area contributed by atoms with Gasteiger partial charge in [0, 0.05) is 18.0 Å². The third kappa shape index (κ3) is 4.44. The van der Waals surface area contributed by atoms with Crippen LogP contribution in [0.25, 0.3) is 0 Å². The predicted molar refractivity (Wildman–Crippen MR) is 84.7 cm³/mol. The predicted octanol–water partition coefficient (Wildman–Crippen LogP) is 3.07. The topological polar surface area (TPSA) is 40.5 Å². The number of benzene rings is 1. The molecule has 0 aliphatic heterocycles. The van der Waals surface area contributed by atoms with Gasteiger partial charge in [-0.2, -0.15) is 0 Å². The van der Waals surface area contributed by atoms with Gasteiger partial charge in [0.05, 0.1) is 16.8 Å². The Labute approximate surface area is 131 Å². The minimum atomic E-state index is -0.0211. The van der Waals surface area contributed by atoms with Gasteiger partial charge in [-0.3, -0.25) is 4.79 Å². The van der Waals surface area contributed by atoms with E-state index >= 15 is 0 Å². The van der Waals surface area contributed by atoms with Crippen LogP contribution in [-0.4, -0.2) is 29.1 Å². The van der Waals surface area contributed by atoms with Crippen molar-refractivity contribution in [2.75, 3.05) is 13.2 Å². The zero-order valence-electron chi connectivity index (χ0n) is 11.0. The van der Waals surface area contributed by atoms with Crippen LogP contribution in [0.5, 0.6) is 0 Å². The Morgan fingerprint density at radius 1 is 1.20 bits per heavy atom. The summed E-state index contributed by atoms with van der Waals surface area (Å²) in [5.74, 6) is 0.0391. The molecule has 0 saturated heterocycles. The summed E-state index contributed by atoms with van der Waals surface area (Å²) in [6.07, 6.45) is 0.378. The van der Waals surface area contributed by atoms with Crippen LogP contribution in [0.1, 0.15) is 10.4 Å². The molecule has 0 aliphatic rings. The summed E-state index contributed by atoms with van der Waals surface area (Å²) in [6.45, 7) is 0.875. The largest absolute Gasteiger partial charge is 0.395 e. The van der Waals surface area contributed by atoms with E-state index in [1.807, 2.05) is 42.5 Å². The number of rotatable bonds is 6. The van der Waals surface area contributed by atoms with Crippen molar-refractivity contribution in [1.29, 1.82) is 0 Å². The first kappa shape index (κ1) is 15.2. The molecule has 0 aliphatic carbocycles. The first-order valence-electron chi connectivity index (χ1n) is 6.36. The van der Waals surface area contributed by atoms with Gasteiger partial charge in [-0.05, 0) is 33.6 Å². The molecule has 0 fully saturated rings. The fourth-order valence-electron chi connectivity index (χ4n) is 1.92. The molecule has 2 rings (SSSR count). The number of nitrogens with zero attached hydrogens (tertiary/aromatic N) is 1. The van der Waals surface area contributed by atoms with Gasteiger partial charge in [0.1, 0.15) is 0 Å². The molecule has 0 saturated carbocycles. The maximum Gasteiger partial charge on any atom is 0.228 e. The summed E-state index contributed by atoms with van der Waals surface area (Å²) in [5.41, 5.74) is 1.07. The Kier molecular flexibility index (Phi) is 5.76. The fourth-order valence-corrected chi connectivity index (χ4v) is 3.40. The summed E-state index contributed by atoms with van der Waals surface area (Å²) < 4.78 is 1.03. The minimum absolute atomic E-state index is 0.0211. The van der Waals surface area contributed by atoms with E-state index in [1.54, 1.807) is 16.2 Å². The lowest BCUT2D eigenvalue weighted by molar-refractivity contribution is -0.131. The molecule has 1 N–H and O–H groups in total. The third-order valence-corrected chi connectivity index (χ3v) is 4.52. The van der Waals surface area contributed by atoms with Crippen LogP contribution < -0.4 is 0 Å². The third-order valence-electron chi connectivity index (χ3n) is 2.89. The Bertz CT molecular complexity index is 556. The van der Waals surface area contributed by atoms with Crippen LogP contribution in [0.15, 0.2) is 46.3 Å². The average molecular weight is 354 g/mol. The second kappa shape index (κ2) is 7.57. The molecule has 0 bridgehead atoms. The lowest BCUT2D eigenvalue weighted by atomic mass is 10.2. The molecule has 5 heteroatoms. The van der Waals surface area contributed by atoms with Gasteiger partial charge in [-0.25, -0.2) is 0 Å². The van der Waals surface area contributed by atoms with Gasteiger partial charge in [0.2, 0.25) is 5.91 Å². The van der Waals surface area contributed by atoms with E-state index in [1.165, 1.54) is 0 Å². The van der Waals surface area contributed by atoms with Crippen molar-refractivity contribution in [2.45, 2.75) is 13.0 Å². The van der Waals surface area contributed by atoms with Crippen LogP contribution in [0, 0.1) is 0 Å². The van der Waals surface area contributed by atoms with Crippen molar-refractivity contribution in [1.82, 2.24) is 4.90 Å². The molecule has 0 radical (unpaired) electrons. The maximum atomic E-state index is 12.3. The number of carbonyl (C=O) groups excluding carboxylic acids is 1. The van der Waals surface area contributed by atoms with Crippen molar-refractivity contribution < 1.29 is 9.90 Å². The van der Waals surface area contributed by atoms with E-state index in [9.17, 15) is 4.79 Å². The lowest BCUT2D eigenvalue weighted by Gasteiger charge is -2.21. The number of carbonyl (C=O) groups is 1. The van der Waals surface area contributed by atoms with Gasteiger partial charge in [-0.1, -0.05) is 30.3 Å². The molecular formula is C15H16BrNO2S. The highest BCUT2D eigenvalue weighted by Gasteiger charge is 2.15. The number of halogens is 1. The molecule has 1 aromatic carbocycles. The molecule has 0 spiro atoms. The van der Waals surface area contributed by atoms with Gasteiger partial charge >= 0.3 is 0 Å². The second-order valence-corrected chi connectivity index (χ2v) is 6.95. The Hall–Kier alpha value is -1.17. The number of hydrogen-bond acceptors (Lipinski definition) is 3. The smallest absolute Gasteiger partial charge is 0.228 e. The number of aliphatic hydroxyl groups is 1. The van der Waals surface area contributed by atoms with E-state index in [0.29, 0.717) is 19.5 Å². The molecule has 2 aromatic rings. The van der Waals surface area contributed by atoms with Crippen molar-refractivity contribution in [3.8, 4) is 0 Å². The second-order valence-electron chi connectivity index (χ2n) is 4.41. The molecule has 0 atom stereocenters. The molecule has 1 amide bonds. The van der Waals surface area contributed by atoms with Crippen LogP contribution in [0.4, 0.5) is 0 Å². The monoisotopic (exact) mass is 353 g/mol. The average Bonchev–Trinajstić information content (AvgIpc) is 2.85. The first-order valence-corrected chi connectivity index (χ1v) is 7.97. The summed E-state index contributed by atoms with van der Waals surface area (Å²) in [5, 5.41) is 9.13. The van der Waals surface area contributed by atoms with Gasteiger partial charge in [-0.15, -0.1) is 11.3 Å². The molecule has 3 nitrogen and oxygen atoms in total. The fraction of sp³-hybridized carbons (Fsp3) is 0.267. The quantitative estimate of drug-likeness (QED) is 0.866. The zero-order valence-corrected chi connectivity index (χ0v) is 13.4. The van der Waals surface area contributed by atoms with Crippen LogP contribution in [0.3, 0.4) is 0 Å². The number of amides is 1. The van der Waals surface area contributed by atoms with Crippen molar-refractivity contribution >= 4 is 33.2 Å². The number of aliphatic hydroxyl groups excluding tert-OH is 1. The highest BCUT2D eigenvalue weighted by atomic mass is 79.9. The zero-order chi connectivity index (χ0) is 14.4. The number of hydrogen-bond donors (Lipinski definition) is 1. The standard InChI is InChI=1S/C15H16BrNO2S/c16-14-7-6-13(20-14)10-15(19)17(8-9-18)11-12-4-2-1-3-5-12/h1-7,18H,8-11H2. The summed E-state index contributed by atoms with van der Waals surface area (Å²) >= 11 is 4.96. The van der Waals surface area contributed by atoms with Crippen LogP contribution >= 0.6 is 27.3 Å². The van der Waals surface area contributed by atoms with E-state index in [4.69, 9.17) is 5.11 Å². The van der Waals surface area contributed by atoms with E-state index in [0.717, 1.165) is 14.2 Å². The van der Waals surface area contributed by atoms with Gasteiger partial charge in [0.15, 0.2) is 0 Å². The summed E-state index contributed by atoms with van der Waals surface area (Å²) in [4.78, 5) is 15.0. The molecule has 1 heterocycles. The normalized spacial score (nSPS) is 10.5. The van der Waals surface area contributed by atoms with Crippen molar-refractivity contribution in [2.24, 2.45) is 0 Å². The summed E-state index contributed by atoms with van der Waals surface area (Å²) in [6, 6.07) is 13.7. The maximum absolute atomic E-state index is 12.3. The Morgan fingerprint density at radius 2 is 1.95 bits per heavy atom. The van der Waals surface area contributed by atoms with E-state index < -0.39 is 0 Å². The van der Waals surface area contributed by atoms with Gasteiger partial charge in [0.25, 0.3) is 0 Å². The number of thiophene rings is 1. The first-order chi connectivity index (χ1) is 9.69. The highest BCUT2D eigenvalue weighted by molar-refractivity contribution is 9.11. The van der Waals surface area contributed by atoms with Crippen molar-refractivity contribution in [3.63, 3.8) is 0 Å². The van der Waals surface area contributed by atoms with Crippen LogP contribution in [0.2, 0.25) is 0 Å². The Morgan fingerprint density at radius 3 is 2.55 bits per heavy atom. The minimum Gasteiger partial charge on any atom is -0.395 e.